The van der Waals surface area contributed by atoms with Crippen LogP contribution in [0.3, 0.4) is 0 Å². The molecule has 1 aliphatic heterocycles. The first kappa shape index (κ1) is 25.8. The second kappa shape index (κ2) is 9.56. The second-order valence-electron chi connectivity index (χ2n) is 7.21. The summed E-state index contributed by atoms with van der Waals surface area (Å²) in [5.74, 6) is -0.727. The van der Waals surface area contributed by atoms with Crippen molar-refractivity contribution in [1.82, 2.24) is 9.55 Å². The van der Waals surface area contributed by atoms with Gasteiger partial charge in [0.1, 0.15) is 11.3 Å². The lowest BCUT2D eigenvalue weighted by Gasteiger charge is -2.29. The summed E-state index contributed by atoms with van der Waals surface area (Å²) in [6.45, 7) is 5.30. The number of ether oxygens (including phenoxy) is 1. The first-order valence-electron chi connectivity index (χ1n) is 9.44. The molecular weight excluding hydrogens is 470 g/mol. The van der Waals surface area contributed by atoms with Gasteiger partial charge in [0, 0.05) is 18.8 Å². The third-order valence-electron chi connectivity index (χ3n) is 5.37. The highest BCUT2D eigenvalue weighted by Gasteiger charge is 2.33. The minimum absolute atomic E-state index is 0. The van der Waals surface area contributed by atoms with Gasteiger partial charge in [-0.15, -0.1) is 24.8 Å². The van der Waals surface area contributed by atoms with Gasteiger partial charge in [-0.1, -0.05) is 6.07 Å². The summed E-state index contributed by atoms with van der Waals surface area (Å²) in [4.78, 5) is 18.3. The Labute approximate surface area is 194 Å². The molecule has 0 unspecified atom stereocenters. The van der Waals surface area contributed by atoms with E-state index in [2.05, 4.69) is 4.98 Å². The van der Waals surface area contributed by atoms with Crippen LogP contribution in [0, 0.1) is 13.8 Å². The van der Waals surface area contributed by atoms with Gasteiger partial charge in [0.15, 0.2) is 0 Å². The van der Waals surface area contributed by atoms with E-state index in [1.807, 2.05) is 4.90 Å². The summed E-state index contributed by atoms with van der Waals surface area (Å²) in [6, 6.07) is 7.31. The Bertz CT molecular complexity index is 1140. The van der Waals surface area contributed by atoms with Gasteiger partial charge >= 0.3 is 12.1 Å². The van der Waals surface area contributed by atoms with E-state index in [-0.39, 0.29) is 41.5 Å². The largest absolute Gasteiger partial charge is 0.478 e. The number of aryl methyl sites for hydroxylation is 1. The molecule has 0 aliphatic carbocycles. The average molecular weight is 492 g/mol. The van der Waals surface area contributed by atoms with Crippen LogP contribution in [-0.2, 0) is 10.9 Å². The number of benzene rings is 2. The van der Waals surface area contributed by atoms with Crippen LogP contribution < -0.4 is 4.90 Å². The Morgan fingerprint density at radius 1 is 1.12 bits per heavy atom. The molecule has 3 aromatic rings. The fraction of sp³-hybridized carbons (Fsp3) is 0.333. The number of carboxylic acid groups (broad SMARTS) is 1. The third kappa shape index (κ3) is 4.51. The van der Waals surface area contributed by atoms with Crippen molar-refractivity contribution >= 4 is 47.5 Å². The molecule has 1 aliphatic rings. The van der Waals surface area contributed by atoms with Crippen LogP contribution in [0.1, 0.15) is 27.3 Å². The van der Waals surface area contributed by atoms with Gasteiger partial charge in [-0.3, -0.25) is 4.57 Å². The molecule has 6 nitrogen and oxygen atoms in total. The summed E-state index contributed by atoms with van der Waals surface area (Å²) in [5.41, 5.74) is 1.03. The molecule has 0 bridgehead atoms. The van der Waals surface area contributed by atoms with Crippen molar-refractivity contribution < 1.29 is 27.8 Å². The number of hydrogen-bond donors (Lipinski definition) is 1. The highest BCUT2D eigenvalue weighted by Crippen LogP contribution is 2.36. The fourth-order valence-corrected chi connectivity index (χ4v) is 3.92. The van der Waals surface area contributed by atoms with E-state index in [1.54, 1.807) is 29.7 Å². The number of imidazole rings is 1. The number of carboxylic acids is 1. The van der Waals surface area contributed by atoms with E-state index in [9.17, 15) is 23.1 Å². The van der Waals surface area contributed by atoms with Crippen LogP contribution in [0.2, 0.25) is 0 Å². The van der Waals surface area contributed by atoms with Crippen molar-refractivity contribution in [2.75, 3.05) is 31.2 Å². The van der Waals surface area contributed by atoms with Crippen molar-refractivity contribution in [2.45, 2.75) is 20.0 Å². The monoisotopic (exact) mass is 491 g/mol. The Morgan fingerprint density at radius 3 is 2.38 bits per heavy atom. The number of fused-ring (bicyclic) bond motifs is 1. The van der Waals surface area contributed by atoms with E-state index in [0.29, 0.717) is 49.0 Å². The lowest BCUT2D eigenvalue weighted by molar-refractivity contribution is -0.138. The number of aromatic carboxylic acids is 1. The number of hydrogen-bond acceptors (Lipinski definition) is 4. The van der Waals surface area contributed by atoms with Crippen LogP contribution in [0.4, 0.5) is 18.9 Å². The average Bonchev–Trinajstić information content (AvgIpc) is 3.02. The van der Waals surface area contributed by atoms with Gasteiger partial charge in [0.2, 0.25) is 0 Å². The van der Waals surface area contributed by atoms with Gasteiger partial charge in [0.25, 0.3) is 0 Å². The fourth-order valence-electron chi connectivity index (χ4n) is 3.92. The number of rotatable bonds is 3. The van der Waals surface area contributed by atoms with Crippen molar-refractivity contribution in [1.29, 1.82) is 0 Å². The van der Waals surface area contributed by atoms with Gasteiger partial charge in [-0.2, -0.15) is 13.2 Å². The minimum atomic E-state index is -4.49. The molecule has 2 aromatic carbocycles. The Hall–Kier alpha value is -2.49. The predicted octanol–water partition coefficient (Wildman–Crippen LogP) is 5.04. The van der Waals surface area contributed by atoms with Gasteiger partial charge in [-0.05, 0) is 43.7 Å². The molecule has 1 N–H and O–H groups in total. The molecule has 1 aromatic heterocycles. The summed E-state index contributed by atoms with van der Waals surface area (Å²) in [6.07, 6.45) is -4.49. The predicted molar refractivity (Wildman–Crippen MR) is 120 cm³/mol. The zero-order chi connectivity index (χ0) is 21.6. The van der Waals surface area contributed by atoms with Crippen LogP contribution in [-0.4, -0.2) is 46.9 Å². The molecule has 2 heterocycles. The number of halogens is 5. The topological polar surface area (TPSA) is 67.6 Å². The summed E-state index contributed by atoms with van der Waals surface area (Å²) in [7, 11) is 0. The molecule has 174 valence electrons. The molecule has 0 saturated carbocycles. The Morgan fingerprint density at radius 2 is 1.78 bits per heavy atom. The molecule has 0 radical (unpaired) electrons. The number of alkyl halides is 3. The SMILES string of the molecule is Cc1c(-n2c(C)nc3c(C(=O)O)cc(N4CCOCC4)cc32)cccc1C(F)(F)F.Cl.Cl. The second-order valence-corrected chi connectivity index (χ2v) is 7.21. The summed E-state index contributed by atoms with van der Waals surface area (Å²) >= 11 is 0. The summed E-state index contributed by atoms with van der Waals surface area (Å²) in [5, 5.41) is 9.74. The first-order valence-corrected chi connectivity index (χ1v) is 9.44. The molecule has 1 fully saturated rings. The smallest absolute Gasteiger partial charge is 0.416 e. The van der Waals surface area contributed by atoms with E-state index in [1.165, 1.54) is 13.0 Å². The molecular formula is C21H22Cl2F3N3O3. The lowest BCUT2D eigenvalue weighted by atomic mass is 10.1. The maximum absolute atomic E-state index is 13.4. The zero-order valence-electron chi connectivity index (χ0n) is 17.3. The van der Waals surface area contributed by atoms with Crippen LogP contribution in [0.5, 0.6) is 0 Å². The van der Waals surface area contributed by atoms with E-state index in [0.717, 1.165) is 6.07 Å². The maximum atomic E-state index is 13.4. The molecule has 0 spiro atoms. The normalized spacial score (nSPS) is 14.1. The lowest BCUT2D eigenvalue weighted by Crippen LogP contribution is -2.36. The van der Waals surface area contributed by atoms with Crippen molar-refractivity contribution in [3.05, 3.63) is 52.8 Å². The molecule has 1 saturated heterocycles. The highest BCUT2D eigenvalue weighted by molar-refractivity contribution is 6.03. The quantitative estimate of drug-likeness (QED) is 0.555. The number of carbonyl (C=O) groups is 1. The van der Waals surface area contributed by atoms with Gasteiger partial charge in [-0.25, -0.2) is 9.78 Å². The van der Waals surface area contributed by atoms with Crippen molar-refractivity contribution in [3.8, 4) is 5.69 Å². The standard InChI is InChI=1S/C21H20F3N3O3.2ClH/c1-12-16(21(22,23)24)4-3-5-17(12)27-13(2)25-19-15(20(28)29)10-14(11-18(19)27)26-6-8-30-9-7-26;;/h3-5,10-11H,6-9H2,1-2H3,(H,28,29);2*1H. The van der Waals surface area contributed by atoms with Crippen molar-refractivity contribution in [3.63, 3.8) is 0 Å². The van der Waals surface area contributed by atoms with Gasteiger partial charge < -0.3 is 14.7 Å². The number of nitrogens with zero attached hydrogens (tertiary/aromatic N) is 3. The van der Waals surface area contributed by atoms with Gasteiger partial charge in [0.05, 0.1) is 35.5 Å². The molecule has 0 amide bonds. The van der Waals surface area contributed by atoms with Crippen LogP contribution in [0.25, 0.3) is 16.7 Å². The van der Waals surface area contributed by atoms with Crippen molar-refractivity contribution in [2.24, 2.45) is 0 Å². The molecule has 4 rings (SSSR count). The molecule has 11 heteroatoms. The highest BCUT2D eigenvalue weighted by atomic mass is 35.5. The Balaban J connectivity index is 0.00000181. The van der Waals surface area contributed by atoms with E-state index in [4.69, 9.17) is 4.74 Å². The maximum Gasteiger partial charge on any atom is 0.416 e. The first-order chi connectivity index (χ1) is 14.2. The number of morpholine rings is 1. The molecule has 0 atom stereocenters. The zero-order valence-corrected chi connectivity index (χ0v) is 18.9. The number of aromatic nitrogens is 2. The Kier molecular flexibility index (Phi) is 7.70. The number of anilines is 1. The van der Waals surface area contributed by atoms with E-state index < -0.39 is 17.7 Å². The molecule has 32 heavy (non-hydrogen) atoms. The minimum Gasteiger partial charge on any atom is -0.478 e. The van der Waals surface area contributed by atoms with E-state index >= 15 is 0 Å². The van der Waals surface area contributed by atoms with Crippen LogP contribution >= 0.6 is 24.8 Å². The van der Waals surface area contributed by atoms with Crippen LogP contribution in [0.15, 0.2) is 30.3 Å². The summed E-state index contributed by atoms with van der Waals surface area (Å²) < 4.78 is 47.3. The third-order valence-corrected chi connectivity index (χ3v) is 5.37.